The zero-order valence-corrected chi connectivity index (χ0v) is 13.3. The van der Waals surface area contributed by atoms with Gasteiger partial charge in [-0.1, -0.05) is 29.8 Å². The Morgan fingerprint density at radius 1 is 1.09 bits per heavy atom. The molecule has 23 heavy (non-hydrogen) atoms. The molecule has 2 rings (SSSR count). The van der Waals surface area contributed by atoms with E-state index in [1.54, 1.807) is 12.1 Å². The van der Waals surface area contributed by atoms with Gasteiger partial charge in [-0.2, -0.15) is 0 Å². The van der Waals surface area contributed by atoms with Crippen molar-refractivity contribution in [1.82, 2.24) is 5.32 Å². The molecule has 2 N–H and O–H groups in total. The van der Waals surface area contributed by atoms with Gasteiger partial charge in [0.15, 0.2) is 0 Å². The molecule has 0 saturated heterocycles. The number of hydrogen-bond acceptors (Lipinski definition) is 3. The Labute approximate surface area is 135 Å². The first-order chi connectivity index (χ1) is 11.1. The highest BCUT2D eigenvalue weighted by Crippen LogP contribution is 2.11. The van der Waals surface area contributed by atoms with Crippen LogP contribution >= 0.6 is 0 Å². The molecule has 5 nitrogen and oxygen atoms in total. The molecule has 0 aliphatic carbocycles. The van der Waals surface area contributed by atoms with Gasteiger partial charge in [-0.25, -0.2) is 0 Å². The zero-order chi connectivity index (χ0) is 16.7. The van der Waals surface area contributed by atoms with Crippen molar-refractivity contribution in [2.75, 3.05) is 19.0 Å². The summed E-state index contributed by atoms with van der Waals surface area (Å²) in [7, 11) is 1.47. The Bertz CT molecular complexity index is 698. The Balaban J connectivity index is 1.95. The van der Waals surface area contributed by atoms with Crippen molar-refractivity contribution in [3.05, 3.63) is 65.2 Å². The Hall–Kier alpha value is -2.66. The highest BCUT2D eigenvalue weighted by molar-refractivity contribution is 5.94. The van der Waals surface area contributed by atoms with Crippen molar-refractivity contribution in [1.29, 1.82) is 0 Å². The quantitative estimate of drug-likeness (QED) is 0.861. The predicted octanol–water partition coefficient (Wildman–Crippen LogP) is 2.51. The van der Waals surface area contributed by atoms with Gasteiger partial charge in [0, 0.05) is 24.9 Å². The molecule has 0 spiro atoms. The molecule has 120 valence electrons. The van der Waals surface area contributed by atoms with Gasteiger partial charge in [0.25, 0.3) is 5.91 Å². The number of rotatable bonds is 6. The SMILES string of the molecule is COCC(=O)Nc1cccc(CNC(=O)c2cccc(C)c2)c1. The molecule has 2 aromatic carbocycles. The molecular formula is C18H20N2O3. The van der Waals surface area contributed by atoms with Crippen LogP contribution in [0.15, 0.2) is 48.5 Å². The van der Waals surface area contributed by atoms with E-state index in [1.807, 2.05) is 43.3 Å². The molecule has 0 heterocycles. The van der Waals surface area contributed by atoms with Gasteiger partial charge in [-0.15, -0.1) is 0 Å². The van der Waals surface area contributed by atoms with Crippen molar-refractivity contribution in [2.24, 2.45) is 0 Å². The lowest BCUT2D eigenvalue weighted by atomic mass is 10.1. The van der Waals surface area contributed by atoms with Crippen LogP contribution in [-0.2, 0) is 16.1 Å². The van der Waals surface area contributed by atoms with Crippen LogP contribution in [0.25, 0.3) is 0 Å². The molecule has 2 aromatic rings. The molecule has 0 unspecified atom stereocenters. The summed E-state index contributed by atoms with van der Waals surface area (Å²) in [6, 6.07) is 14.8. The van der Waals surface area contributed by atoms with Crippen LogP contribution in [0.3, 0.4) is 0 Å². The first-order valence-corrected chi connectivity index (χ1v) is 7.31. The van der Waals surface area contributed by atoms with Gasteiger partial charge in [0.1, 0.15) is 6.61 Å². The lowest BCUT2D eigenvalue weighted by molar-refractivity contribution is -0.119. The van der Waals surface area contributed by atoms with E-state index in [9.17, 15) is 9.59 Å². The minimum Gasteiger partial charge on any atom is -0.375 e. The van der Waals surface area contributed by atoms with Crippen molar-refractivity contribution >= 4 is 17.5 Å². The number of carbonyl (C=O) groups is 2. The van der Waals surface area contributed by atoms with E-state index in [1.165, 1.54) is 7.11 Å². The largest absolute Gasteiger partial charge is 0.375 e. The van der Waals surface area contributed by atoms with Crippen LogP contribution in [0.5, 0.6) is 0 Å². The Kier molecular flexibility index (Phi) is 5.88. The lowest BCUT2D eigenvalue weighted by Crippen LogP contribution is -2.23. The molecule has 0 aliphatic heterocycles. The van der Waals surface area contributed by atoms with Gasteiger partial charge in [0.2, 0.25) is 5.91 Å². The third-order valence-corrected chi connectivity index (χ3v) is 3.22. The van der Waals surface area contributed by atoms with Gasteiger partial charge < -0.3 is 15.4 Å². The molecule has 2 amide bonds. The maximum atomic E-state index is 12.1. The molecule has 0 bridgehead atoms. The van der Waals surface area contributed by atoms with E-state index in [0.717, 1.165) is 11.1 Å². The second-order valence-corrected chi connectivity index (χ2v) is 5.23. The van der Waals surface area contributed by atoms with Crippen LogP contribution in [0.4, 0.5) is 5.69 Å². The number of ether oxygens (including phenoxy) is 1. The average molecular weight is 312 g/mol. The van der Waals surface area contributed by atoms with Crippen LogP contribution in [-0.4, -0.2) is 25.5 Å². The standard InChI is InChI=1S/C18H20N2O3/c1-13-5-3-7-15(9-13)18(22)19-11-14-6-4-8-16(10-14)20-17(21)12-23-2/h3-10H,11-12H2,1-2H3,(H,19,22)(H,20,21). The summed E-state index contributed by atoms with van der Waals surface area (Å²) in [6.45, 7) is 2.35. The molecule has 0 aliphatic rings. The van der Waals surface area contributed by atoms with E-state index in [0.29, 0.717) is 17.8 Å². The fourth-order valence-corrected chi connectivity index (χ4v) is 2.16. The van der Waals surface area contributed by atoms with Crippen molar-refractivity contribution in [2.45, 2.75) is 13.5 Å². The van der Waals surface area contributed by atoms with E-state index in [2.05, 4.69) is 10.6 Å². The summed E-state index contributed by atoms with van der Waals surface area (Å²) in [5.74, 6) is -0.337. The van der Waals surface area contributed by atoms with Crippen molar-refractivity contribution in [3.8, 4) is 0 Å². The number of amides is 2. The van der Waals surface area contributed by atoms with E-state index in [4.69, 9.17) is 4.74 Å². The first-order valence-electron chi connectivity index (χ1n) is 7.31. The summed E-state index contributed by atoms with van der Waals surface area (Å²) >= 11 is 0. The molecular weight excluding hydrogens is 292 g/mol. The average Bonchev–Trinajstić information content (AvgIpc) is 2.53. The van der Waals surface area contributed by atoms with Crippen molar-refractivity contribution < 1.29 is 14.3 Å². The minimum atomic E-state index is -0.214. The number of methoxy groups -OCH3 is 1. The summed E-state index contributed by atoms with van der Waals surface area (Å²) < 4.78 is 4.77. The van der Waals surface area contributed by atoms with Crippen LogP contribution in [0, 0.1) is 6.92 Å². The van der Waals surface area contributed by atoms with E-state index < -0.39 is 0 Å². The maximum absolute atomic E-state index is 12.1. The monoisotopic (exact) mass is 312 g/mol. The van der Waals surface area contributed by atoms with E-state index >= 15 is 0 Å². The van der Waals surface area contributed by atoms with E-state index in [-0.39, 0.29) is 18.4 Å². The summed E-state index contributed by atoms with van der Waals surface area (Å²) in [5, 5.41) is 5.61. The molecule has 0 radical (unpaired) electrons. The molecule has 0 aromatic heterocycles. The van der Waals surface area contributed by atoms with Crippen LogP contribution in [0.1, 0.15) is 21.5 Å². The maximum Gasteiger partial charge on any atom is 0.251 e. The van der Waals surface area contributed by atoms with Crippen LogP contribution in [0.2, 0.25) is 0 Å². The van der Waals surface area contributed by atoms with Crippen molar-refractivity contribution in [3.63, 3.8) is 0 Å². The third kappa shape index (κ3) is 5.23. The van der Waals surface area contributed by atoms with Gasteiger partial charge in [-0.05, 0) is 36.8 Å². The molecule has 0 saturated carbocycles. The third-order valence-electron chi connectivity index (χ3n) is 3.22. The highest BCUT2D eigenvalue weighted by atomic mass is 16.5. The Morgan fingerprint density at radius 3 is 2.61 bits per heavy atom. The summed E-state index contributed by atoms with van der Waals surface area (Å²) in [6.07, 6.45) is 0. The molecule has 0 atom stereocenters. The van der Waals surface area contributed by atoms with Gasteiger partial charge >= 0.3 is 0 Å². The van der Waals surface area contributed by atoms with Crippen LogP contribution < -0.4 is 10.6 Å². The van der Waals surface area contributed by atoms with Gasteiger partial charge in [-0.3, -0.25) is 9.59 Å². The fourth-order valence-electron chi connectivity index (χ4n) is 2.16. The fraction of sp³-hybridized carbons (Fsp3) is 0.222. The second kappa shape index (κ2) is 8.10. The number of anilines is 1. The number of hydrogen-bond donors (Lipinski definition) is 2. The molecule has 0 fully saturated rings. The first kappa shape index (κ1) is 16.7. The van der Waals surface area contributed by atoms with Gasteiger partial charge in [0.05, 0.1) is 0 Å². The molecule has 5 heteroatoms. The topological polar surface area (TPSA) is 67.4 Å². The summed E-state index contributed by atoms with van der Waals surface area (Å²) in [4.78, 5) is 23.6. The number of aryl methyl sites for hydroxylation is 1. The number of carbonyl (C=O) groups excluding carboxylic acids is 2. The second-order valence-electron chi connectivity index (χ2n) is 5.23. The lowest BCUT2D eigenvalue weighted by Gasteiger charge is -2.09. The zero-order valence-electron chi connectivity index (χ0n) is 13.3. The highest BCUT2D eigenvalue weighted by Gasteiger charge is 2.06. The predicted molar refractivity (Wildman–Crippen MR) is 89.3 cm³/mol. The number of benzene rings is 2. The number of nitrogens with one attached hydrogen (secondary N) is 2. The smallest absolute Gasteiger partial charge is 0.251 e. The Morgan fingerprint density at radius 2 is 1.87 bits per heavy atom. The summed E-state index contributed by atoms with van der Waals surface area (Å²) in [5.41, 5.74) is 3.26. The minimum absolute atomic E-state index is 0.00826. The normalized spacial score (nSPS) is 10.2.